The van der Waals surface area contributed by atoms with Crippen molar-refractivity contribution < 1.29 is 4.79 Å². The van der Waals surface area contributed by atoms with Crippen LogP contribution in [0.3, 0.4) is 0 Å². The molecule has 1 aromatic rings. The highest BCUT2D eigenvalue weighted by atomic mass is 16.1. The molecule has 1 aliphatic rings. The lowest BCUT2D eigenvalue weighted by molar-refractivity contribution is 0.101. The molecule has 3 N–H and O–H groups in total. The quantitative estimate of drug-likeness (QED) is 0.618. The van der Waals surface area contributed by atoms with Gasteiger partial charge in [-0.25, -0.2) is 0 Å². The highest BCUT2D eigenvalue weighted by molar-refractivity contribution is 6.00. The van der Waals surface area contributed by atoms with Crippen LogP contribution >= 0.6 is 0 Å². The van der Waals surface area contributed by atoms with Crippen molar-refractivity contribution in [2.45, 2.75) is 39.5 Å². The Labute approximate surface area is 109 Å². The third kappa shape index (κ3) is 2.50. The van der Waals surface area contributed by atoms with E-state index in [1.165, 1.54) is 25.7 Å². The fourth-order valence-electron chi connectivity index (χ4n) is 2.59. The molecule has 18 heavy (non-hydrogen) atoms. The van der Waals surface area contributed by atoms with Gasteiger partial charge in [0.1, 0.15) is 0 Å². The Morgan fingerprint density at radius 2 is 2.17 bits per heavy atom. The zero-order valence-corrected chi connectivity index (χ0v) is 11.3. The molecule has 0 radical (unpaired) electrons. The van der Waals surface area contributed by atoms with Gasteiger partial charge in [0.05, 0.1) is 0 Å². The molecule has 0 unspecified atom stereocenters. The van der Waals surface area contributed by atoms with Crippen LogP contribution in [0.1, 0.15) is 49.9 Å². The van der Waals surface area contributed by atoms with Crippen LogP contribution < -0.4 is 11.1 Å². The van der Waals surface area contributed by atoms with Crippen molar-refractivity contribution in [3.63, 3.8) is 0 Å². The van der Waals surface area contributed by atoms with Crippen molar-refractivity contribution in [1.82, 2.24) is 0 Å². The van der Waals surface area contributed by atoms with Gasteiger partial charge in [-0.3, -0.25) is 4.79 Å². The molecule has 3 heteroatoms. The number of benzene rings is 1. The SMILES string of the molecule is CCC1(CNc2ccc(N)c(C(C)=O)c2)CCC1. The molecule has 0 atom stereocenters. The average Bonchev–Trinajstić information content (AvgIpc) is 2.30. The van der Waals surface area contributed by atoms with Gasteiger partial charge in [0.25, 0.3) is 0 Å². The molecule has 3 nitrogen and oxygen atoms in total. The van der Waals surface area contributed by atoms with Crippen molar-refractivity contribution in [2.75, 3.05) is 17.6 Å². The van der Waals surface area contributed by atoms with E-state index < -0.39 is 0 Å². The van der Waals surface area contributed by atoms with E-state index >= 15 is 0 Å². The number of ketones is 1. The second-order valence-electron chi connectivity index (χ2n) is 5.42. The van der Waals surface area contributed by atoms with E-state index in [4.69, 9.17) is 5.73 Å². The van der Waals surface area contributed by atoms with Crippen molar-refractivity contribution in [3.8, 4) is 0 Å². The zero-order chi connectivity index (χ0) is 13.2. The monoisotopic (exact) mass is 246 g/mol. The molecule has 2 rings (SSSR count). The van der Waals surface area contributed by atoms with Crippen LogP contribution in [0.2, 0.25) is 0 Å². The third-order valence-electron chi connectivity index (χ3n) is 4.26. The van der Waals surface area contributed by atoms with E-state index in [0.717, 1.165) is 12.2 Å². The Hall–Kier alpha value is -1.51. The average molecular weight is 246 g/mol. The maximum atomic E-state index is 11.4. The van der Waals surface area contributed by atoms with Crippen molar-refractivity contribution >= 4 is 17.2 Å². The van der Waals surface area contributed by atoms with Crippen LogP contribution in [0.15, 0.2) is 18.2 Å². The first-order valence-corrected chi connectivity index (χ1v) is 6.71. The van der Waals surface area contributed by atoms with Gasteiger partial charge in [-0.1, -0.05) is 13.3 Å². The van der Waals surface area contributed by atoms with Gasteiger partial charge in [-0.05, 0) is 49.8 Å². The summed E-state index contributed by atoms with van der Waals surface area (Å²) >= 11 is 0. The summed E-state index contributed by atoms with van der Waals surface area (Å²) in [6.45, 7) is 4.80. The summed E-state index contributed by atoms with van der Waals surface area (Å²) in [5.74, 6) is 0.0185. The minimum atomic E-state index is 0.0185. The van der Waals surface area contributed by atoms with Gasteiger partial charge in [0.2, 0.25) is 0 Å². The number of carbonyl (C=O) groups is 1. The van der Waals surface area contributed by atoms with Gasteiger partial charge in [-0.2, -0.15) is 0 Å². The van der Waals surface area contributed by atoms with Crippen molar-refractivity contribution in [1.29, 1.82) is 0 Å². The topological polar surface area (TPSA) is 55.1 Å². The van der Waals surface area contributed by atoms with Gasteiger partial charge in [0.15, 0.2) is 5.78 Å². The van der Waals surface area contributed by atoms with Crippen molar-refractivity contribution in [2.24, 2.45) is 5.41 Å². The maximum Gasteiger partial charge on any atom is 0.161 e. The molecular weight excluding hydrogens is 224 g/mol. The van der Waals surface area contributed by atoms with Crippen LogP contribution in [0, 0.1) is 5.41 Å². The lowest BCUT2D eigenvalue weighted by Crippen LogP contribution is -2.35. The van der Waals surface area contributed by atoms with Crippen LogP contribution in [-0.2, 0) is 0 Å². The number of Topliss-reactive ketones (excluding diaryl/α,β-unsaturated/α-hetero) is 1. The first-order chi connectivity index (χ1) is 8.56. The summed E-state index contributed by atoms with van der Waals surface area (Å²) in [6, 6.07) is 5.61. The Morgan fingerprint density at radius 1 is 1.44 bits per heavy atom. The maximum absolute atomic E-state index is 11.4. The summed E-state index contributed by atoms with van der Waals surface area (Å²) in [5.41, 5.74) is 8.42. The minimum absolute atomic E-state index is 0.0185. The predicted molar refractivity (Wildman–Crippen MR) is 75.9 cm³/mol. The first kappa shape index (κ1) is 12.9. The summed E-state index contributed by atoms with van der Waals surface area (Å²) in [5, 5.41) is 3.45. The van der Waals surface area contributed by atoms with Gasteiger partial charge >= 0.3 is 0 Å². The fourth-order valence-corrected chi connectivity index (χ4v) is 2.59. The molecule has 1 aromatic carbocycles. The van der Waals surface area contributed by atoms with Crippen LogP contribution in [0.5, 0.6) is 0 Å². The van der Waals surface area contributed by atoms with Crippen LogP contribution in [-0.4, -0.2) is 12.3 Å². The number of rotatable bonds is 5. The van der Waals surface area contributed by atoms with E-state index in [0.29, 0.717) is 16.7 Å². The number of hydrogen-bond acceptors (Lipinski definition) is 3. The van der Waals surface area contributed by atoms with Gasteiger partial charge < -0.3 is 11.1 Å². The molecule has 1 fully saturated rings. The molecule has 0 bridgehead atoms. The Morgan fingerprint density at radius 3 is 2.67 bits per heavy atom. The van der Waals surface area contributed by atoms with E-state index in [-0.39, 0.29) is 5.78 Å². The van der Waals surface area contributed by atoms with Gasteiger partial charge in [-0.15, -0.1) is 0 Å². The number of hydrogen-bond donors (Lipinski definition) is 2. The summed E-state index contributed by atoms with van der Waals surface area (Å²) in [4.78, 5) is 11.4. The molecule has 0 saturated heterocycles. The summed E-state index contributed by atoms with van der Waals surface area (Å²) in [7, 11) is 0. The summed E-state index contributed by atoms with van der Waals surface area (Å²) < 4.78 is 0. The number of carbonyl (C=O) groups excluding carboxylic acids is 1. The number of anilines is 2. The standard InChI is InChI=1S/C15H22N2O/c1-3-15(7-4-8-15)10-17-12-5-6-14(16)13(9-12)11(2)18/h5-6,9,17H,3-4,7-8,10,16H2,1-2H3. The lowest BCUT2D eigenvalue weighted by Gasteiger charge is -2.41. The summed E-state index contributed by atoms with van der Waals surface area (Å²) in [6.07, 6.45) is 5.18. The lowest BCUT2D eigenvalue weighted by atomic mass is 9.67. The van der Waals surface area contributed by atoms with E-state index in [1.54, 1.807) is 13.0 Å². The normalized spacial score (nSPS) is 17.0. The Balaban J connectivity index is 2.06. The van der Waals surface area contributed by atoms with E-state index in [1.807, 2.05) is 12.1 Å². The second-order valence-corrected chi connectivity index (χ2v) is 5.42. The third-order valence-corrected chi connectivity index (χ3v) is 4.26. The molecule has 1 aliphatic carbocycles. The molecule has 0 heterocycles. The highest BCUT2D eigenvalue weighted by Gasteiger charge is 2.34. The molecule has 1 saturated carbocycles. The molecule has 98 valence electrons. The van der Waals surface area contributed by atoms with Crippen molar-refractivity contribution in [3.05, 3.63) is 23.8 Å². The predicted octanol–water partition coefficient (Wildman–Crippen LogP) is 3.46. The number of nitrogens with two attached hydrogens (primary N) is 1. The largest absolute Gasteiger partial charge is 0.398 e. The first-order valence-electron chi connectivity index (χ1n) is 6.71. The smallest absolute Gasteiger partial charge is 0.161 e. The number of nitrogens with one attached hydrogen (secondary N) is 1. The van der Waals surface area contributed by atoms with E-state index in [2.05, 4.69) is 12.2 Å². The Bertz CT molecular complexity index is 444. The van der Waals surface area contributed by atoms with E-state index in [9.17, 15) is 4.79 Å². The fraction of sp³-hybridized carbons (Fsp3) is 0.533. The number of nitrogen functional groups attached to an aromatic ring is 1. The molecule has 0 aliphatic heterocycles. The van der Waals surface area contributed by atoms with Gasteiger partial charge in [0, 0.05) is 23.5 Å². The second kappa shape index (κ2) is 5.01. The molecule has 0 amide bonds. The molecule has 0 spiro atoms. The Kier molecular flexibility index (Phi) is 3.60. The van der Waals surface area contributed by atoms with Crippen LogP contribution in [0.25, 0.3) is 0 Å². The van der Waals surface area contributed by atoms with Crippen LogP contribution in [0.4, 0.5) is 11.4 Å². The zero-order valence-electron chi connectivity index (χ0n) is 11.3. The highest BCUT2D eigenvalue weighted by Crippen LogP contribution is 2.43. The molecular formula is C15H22N2O. The minimum Gasteiger partial charge on any atom is -0.398 e. The molecule has 0 aromatic heterocycles.